The second-order valence-corrected chi connectivity index (χ2v) is 9.76. The van der Waals surface area contributed by atoms with E-state index in [2.05, 4.69) is 31.4 Å². The summed E-state index contributed by atoms with van der Waals surface area (Å²) in [5, 5.41) is 11.0. The van der Waals surface area contributed by atoms with Gasteiger partial charge in [0.2, 0.25) is 5.91 Å². The third-order valence-corrected chi connectivity index (χ3v) is 5.42. The topological polar surface area (TPSA) is 79.3 Å². The molecular weight excluding hydrogens is 450 g/mol. The number of hydrogen-bond donors (Lipinski definition) is 2. The van der Waals surface area contributed by atoms with Crippen molar-refractivity contribution < 1.29 is 9.59 Å². The Morgan fingerprint density at radius 2 is 1.79 bits per heavy atom. The van der Waals surface area contributed by atoms with Crippen LogP contribution in [0.4, 0.5) is 16.3 Å². The third kappa shape index (κ3) is 6.60. The molecule has 2 N–H and O–H groups in total. The molecule has 3 aromatic rings. The van der Waals surface area contributed by atoms with Crippen molar-refractivity contribution in [3.63, 3.8) is 0 Å². The molecule has 3 rings (SSSR count). The van der Waals surface area contributed by atoms with E-state index in [1.54, 1.807) is 28.9 Å². The zero-order chi connectivity index (χ0) is 24.9. The first kappa shape index (κ1) is 25.3. The van der Waals surface area contributed by atoms with E-state index >= 15 is 0 Å². The van der Waals surface area contributed by atoms with Crippen LogP contribution in [0.5, 0.6) is 0 Å². The van der Waals surface area contributed by atoms with E-state index < -0.39 is 0 Å². The van der Waals surface area contributed by atoms with Gasteiger partial charge in [-0.05, 0) is 49.2 Å². The minimum atomic E-state index is -0.359. The highest BCUT2D eigenvalue weighted by molar-refractivity contribution is 6.30. The summed E-state index contributed by atoms with van der Waals surface area (Å²) >= 11 is 6.02. The summed E-state index contributed by atoms with van der Waals surface area (Å²) in [7, 11) is 0. The van der Waals surface area contributed by atoms with Gasteiger partial charge in [0.1, 0.15) is 12.4 Å². The molecule has 0 radical (unpaired) electrons. The van der Waals surface area contributed by atoms with Gasteiger partial charge in [0.15, 0.2) is 0 Å². The Morgan fingerprint density at radius 1 is 1.06 bits per heavy atom. The van der Waals surface area contributed by atoms with Crippen molar-refractivity contribution in [2.45, 2.75) is 46.5 Å². The number of nitrogens with one attached hydrogen (secondary N) is 2. The van der Waals surface area contributed by atoms with Gasteiger partial charge in [0.05, 0.1) is 11.4 Å². The van der Waals surface area contributed by atoms with Crippen LogP contribution < -0.4 is 10.6 Å². The highest BCUT2D eigenvalue weighted by atomic mass is 35.5. The van der Waals surface area contributed by atoms with E-state index in [1.165, 1.54) is 4.90 Å². The first-order valence-electron chi connectivity index (χ1n) is 11.4. The maximum absolute atomic E-state index is 13.0. The smallest absolute Gasteiger partial charge is 0.315 e. The summed E-state index contributed by atoms with van der Waals surface area (Å²) in [4.78, 5) is 27.3. The van der Waals surface area contributed by atoms with E-state index in [0.29, 0.717) is 29.5 Å². The predicted octanol–water partition coefficient (Wildman–Crippen LogP) is 6.01. The van der Waals surface area contributed by atoms with Crippen molar-refractivity contribution in [3.8, 4) is 5.69 Å². The van der Waals surface area contributed by atoms with E-state index in [0.717, 1.165) is 16.9 Å². The highest BCUT2D eigenvalue weighted by Crippen LogP contribution is 2.26. The van der Waals surface area contributed by atoms with Crippen LogP contribution in [0.2, 0.25) is 5.02 Å². The minimum Gasteiger partial charge on any atom is -0.315 e. The van der Waals surface area contributed by atoms with Gasteiger partial charge >= 0.3 is 6.03 Å². The molecule has 1 heterocycles. The average Bonchev–Trinajstić information content (AvgIpc) is 3.17. The molecule has 180 valence electrons. The summed E-state index contributed by atoms with van der Waals surface area (Å²) in [5.41, 5.74) is 3.18. The van der Waals surface area contributed by atoms with Gasteiger partial charge in [0.25, 0.3) is 0 Å². The van der Waals surface area contributed by atoms with Crippen LogP contribution in [-0.2, 0) is 10.2 Å². The third-order valence-electron chi connectivity index (χ3n) is 5.18. The number of urea groups is 1. The standard InChI is InChI=1S/C26H32ClN5O2/c1-6-13-31(25(34)28-20-11-8-10-19(27)15-20)17-24(33)29-23-16-22(26(3,4)5)30-32(23)21-12-7-9-18(2)14-21/h7-12,14-16H,6,13,17H2,1-5H3,(H,28,34)(H,29,33). The van der Waals surface area contributed by atoms with Crippen molar-refractivity contribution in [2.75, 3.05) is 23.7 Å². The Hall–Kier alpha value is -3.32. The molecular formula is C26H32ClN5O2. The number of aromatic nitrogens is 2. The van der Waals surface area contributed by atoms with E-state index in [1.807, 2.05) is 44.2 Å². The van der Waals surface area contributed by atoms with Crippen LogP contribution in [0.1, 0.15) is 45.4 Å². The lowest BCUT2D eigenvalue weighted by molar-refractivity contribution is -0.116. The molecule has 0 saturated carbocycles. The lowest BCUT2D eigenvalue weighted by atomic mass is 9.92. The molecule has 0 bridgehead atoms. The van der Waals surface area contributed by atoms with Gasteiger partial charge < -0.3 is 15.5 Å². The summed E-state index contributed by atoms with van der Waals surface area (Å²) in [6.45, 7) is 10.5. The van der Waals surface area contributed by atoms with E-state index in [-0.39, 0.29) is 23.9 Å². The van der Waals surface area contributed by atoms with Gasteiger partial charge in [-0.2, -0.15) is 5.10 Å². The molecule has 8 heteroatoms. The molecule has 0 aliphatic heterocycles. The molecule has 0 fully saturated rings. The molecule has 0 aliphatic rings. The number of hydrogen-bond acceptors (Lipinski definition) is 3. The van der Waals surface area contributed by atoms with Crippen molar-refractivity contribution in [3.05, 3.63) is 70.9 Å². The second kappa shape index (κ2) is 10.7. The highest BCUT2D eigenvalue weighted by Gasteiger charge is 2.23. The Kier molecular flexibility index (Phi) is 7.99. The van der Waals surface area contributed by atoms with Gasteiger partial charge in [-0.15, -0.1) is 0 Å². The average molecular weight is 482 g/mol. The maximum Gasteiger partial charge on any atom is 0.322 e. The fourth-order valence-electron chi connectivity index (χ4n) is 3.44. The Labute approximate surface area is 206 Å². The summed E-state index contributed by atoms with van der Waals surface area (Å²) < 4.78 is 1.74. The van der Waals surface area contributed by atoms with Crippen LogP contribution in [0.3, 0.4) is 0 Å². The molecule has 0 unspecified atom stereocenters. The fourth-order valence-corrected chi connectivity index (χ4v) is 3.63. The number of rotatable bonds is 7. The van der Waals surface area contributed by atoms with Crippen LogP contribution >= 0.6 is 11.6 Å². The van der Waals surface area contributed by atoms with Crippen LogP contribution in [0.25, 0.3) is 5.69 Å². The first-order chi connectivity index (χ1) is 16.1. The molecule has 3 amide bonds. The number of carbonyl (C=O) groups excluding carboxylic acids is 2. The van der Waals surface area contributed by atoms with E-state index in [4.69, 9.17) is 16.7 Å². The van der Waals surface area contributed by atoms with Gasteiger partial charge in [-0.25, -0.2) is 9.48 Å². The van der Waals surface area contributed by atoms with E-state index in [9.17, 15) is 9.59 Å². The maximum atomic E-state index is 13.0. The first-order valence-corrected chi connectivity index (χ1v) is 11.7. The Morgan fingerprint density at radius 3 is 2.44 bits per heavy atom. The largest absolute Gasteiger partial charge is 0.322 e. The zero-order valence-corrected chi connectivity index (χ0v) is 21.1. The number of anilines is 2. The summed E-state index contributed by atoms with van der Waals surface area (Å²) in [6.07, 6.45) is 0.714. The number of carbonyl (C=O) groups is 2. The SMILES string of the molecule is CCCN(CC(=O)Nc1cc(C(C)(C)C)nn1-c1cccc(C)c1)C(=O)Nc1cccc(Cl)c1. The fraction of sp³-hybridized carbons (Fsp3) is 0.346. The molecule has 1 aromatic heterocycles. The molecule has 0 aliphatic carbocycles. The normalized spacial score (nSPS) is 11.2. The number of aryl methyl sites for hydroxylation is 1. The number of halogens is 1. The molecule has 0 atom stereocenters. The molecule has 0 saturated heterocycles. The lowest BCUT2D eigenvalue weighted by Crippen LogP contribution is -2.41. The lowest BCUT2D eigenvalue weighted by Gasteiger charge is -2.22. The minimum absolute atomic E-state index is 0.0932. The van der Waals surface area contributed by atoms with Crippen LogP contribution in [0, 0.1) is 6.92 Å². The molecule has 7 nitrogen and oxygen atoms in total. The number of amides is 3. The van der Waals surface area contributed by atoms with Gasteiger partial charge in [-0.1, -0.05) is 57.5 Å². The Balaban J connectivity index is 1.80. The van der Waals surface area contributed by atoms with Crippen LogP contribution in [0.15, 0.2) is 54.6 Å². The Bertz CT molecular complexity index is 1170. The summed E-state index contributed by atoms with van der Waals surface area (Å²) in [5.74, 6) is 0.260. The predicted molar refractivity (Wildman–Crippen MR) is 138 cm³/mol. The van der Waals surface area contributed by atoms with Crippen molar-refractivity contribution in [2.24, 2.45) is 0 Å². The van der Waals surface area contributed by atoms with Crippen molar-refractivity contribution >= 4 is 35.0 Å². The molecule has 34 heavy (non-hydrogen) atoms. The quantitative estimate of drug-likeness (QED) is 0.433. The van der Waals surface area contributed by atoms with Gasteiger partial charge in [0, 0.05) is 28.7 Å². The van der Waals surface area contributed by atoms with Gasteiger partial charge in [-0.3, -0.25) is 4.79 Å². The number of benzene rings is 2. The van der Waals surface area contributed by atoms with Crippen molar-refractivity contribution in [1.29, 1.82) is 0 Å². The molecule has 0 spiro atoms. The summed E-state index contributed by atoms with van der Waals surface area (Å²) in [6, 6.07) is 16.4. The van der Waals surface area contributed by atoms with Crippen molar-refractivity contribution in [1.82, 2.24) is 14.7 Å². The second-order valence-electron chi connectivity index (χ2n) is 9.33. The van der Waals surface area contributed by atoms with Crippen LogP contribution in [-0.4, -0.2) is 39.7 Å². The zero-order valence-electron chi connectivity index (χ0n) is 20.4. The number of nitrogens with zero attached hydrogens (tertiary/aromatic N) is 3. The monoisotopic (exact) mass is 481 g/mol. The molecule has 2 aromatic carbocycles.